The molecule has 4 atom stereocenters. The summed E-state index contributed by atoms with van der Waals surface area (Å²) in [7, 11) is 0. The van der Waals surface area contributed by atoms with E-state index in [0.29, 0.717) is 10.8 Å². The highest BCUT2D eigenvalue weighted by Gasteiger charge is 2.67. The van der Waals surface area contributed by atoms with Crippen LogP contribution in [0, 0.1) is 22.7 Å². The lowest BCUT2D eigenvalue weighted by Gasteiger charge is -2.39. The van der Waals surface area contributed by atoms with E-state index >= 15 is 0 Å². The van der Waals surface area contributed by atoms with Crippen molar-refractivity contribution < 1.29 is 5.11 Å². The van der Waals surface area contributed by atoms with Gasteiger partial charge >= 0.3 is 0 Å². The Morgan fingerprint density at radius 1 is 1.41 bits per heavy atom. The summed E-state index contributed by atoms with van der Waals surface area (Å²) >= 11 is 0. The first kappa shape index (κ1) is 13.1. The molecule has 0 radical (unpaired) electrons. The lowest BCUT2D eigenvalue weighted by Crippen LogP contribution is -2.31. The Labute approximate surface area is 106 Å². The third-order valence-electron chi connectivity index (χ3n) is 6.08. The maximum Gasteiger partial charge on any atom is 0.0639 e. The Bertz CT molecular complexity index is 319. The van der Waals surface area contributed by atoms with Crippen LogP contribution in [0.4, 0.5) is 0 Å². The Balaban J connectivity index is 2.01. The Morgan fingerprint density at radius 3 is 2.71 bits per heavy atom. The highest BCUT2D eigenvalue weighted by Crippen LogP contribution is 2.75. The topological polar surface area (TPSA) is 20.2 Å². The summed E-state index contributed by atoms with van der Waals surface area (Å²) in [6, 6.07) is 0. The van der Waals surface area contributed by atoms with Crippen LogP contribution in [0.15, 0.2) is 11.6 Å². The van der Waals surface area contributed by atoms with Gasteiger partial charge in [-0.1, -0.05) is 38.8 Å². The van der Waals surface area contributed by atoms with Crippen LogP contribution in [0.5, 0.6) is 0 Å². The van der Waals surface area contributed by atoms with Crippen LogP contribution < -0.4 is 0 Å². The largest absolute Gasteiger partial charge is 0.392 e. The van der Waals surface area contributed by atoms with Crippen molar-refractivity contribution >= 4 is 0 Å². The lowest BCUT2D eigenvalue weighted by atomic mass is 9.66. The summed E-state index contributed by atoms with van der Waals surface area (Å²) in [5, 5.41) is 9.03. The molecular weight excluding hydrogens is 208 g/mol. The van der Waals surface area contributed by atoms with Gasteiger partial charge in [-0.15, -0.1) is 0 Å². The first-order chi connectivity index (χ1) is 7.98. The van der Waals surface area contributed by atoms with Gasteiger partial charge < -0.3 is 5.11 Å². The molecule has 2 fully saturated rings. The van der Waals surface area contributed by atoms with Gasteiger partial charge in [-0.2, -0.15) is 0 Å². The van der Waals surface area contributed by atoms with Gasteiger partial charge in [0.2, 0.25) is 0 Å². The minimum absolute atomic E-state index is 0.216. The summed E-state index contributed by atoms with van der Waals surface area (Å²) in [6.07, 6.45) is 8.94. The van der Waals surface area contributed by atoms with Crippen LogP contribution in [0.2, 0.25) is 0 Å². The van der Waals surface area contributed by atoms with E-state index in [0.717, 1.165) is 23.8 Å². The number of rotatable bonds is 5. The zero-order valence-electron chi connectivity index (χ0n) is 11.9. The summed E-state index contributed by atoms with van der Waals surface area (Å²) in [6.45, 7) is 9.63. The molecule has 2 aliphatic rings. The molecule has 0 amide bonds. The van der Waals surface area contributed by atoms with E-state index in [4.69, 9.17) is 5.11 Å². The molecule has 0 aromatic heterocycles. The van der Waals surface area contributed by atoms with Crippen molar-refractivity contribution in [2.75, 3.05) is 6.61 Å². The van der Waals surface area contributed by atoms with Crippen molar-refractivity contribution in [3.63, 3.8) is 0 Å². The molecule has 1 nitrogen and oxygen atoms in total. The maximum absolute atomic E-state index is 9.03. The van der Waals surface area contributed by atoms with Crippen molar-refractivity contribution in [3.8, 4) is 0 Å². The van der Waals surface area contributed by atoms with Gasteiger partial charge in [0.1, 0.15) is 0 Å². The summed E-state index contributed by atoms with van der Waals surface area (Å²) in [5.41, 5.74) is 2.30. The van der Waals surface area contributed by atoms with Crippen molar-refractivity contribution in [3.05, 3.63) is 11.6 Å². The van der Waals surface area contributed by atoms with Crippen LogP contribution in [0.1, 0.15) is 59.8 Å². The fourth-order valence-electron chi connectivity index (χ4n) is 4.36. The van der Waals surface area contributed by atoms with Gasteiger partial charge in [0.15, 0.2) is 0 Å². The molecule has 17 heavy (non-hydrogen) atoms. The van der Waals surface area contributed by atoms with E-state index < -0.39 is 0 Å². The molecule has 0 unspecified atom stereocenters. The monoisotopic (exact) mass is 236 g/mol. The predicted molar refractivity (Wildman–Crippen MR) is 72.8 cm³/mol. The molecule has 0 saturated heterocycles. The molecule has 0 bridgehead atoms. The summed E-state index contributed by atoms with van der Waals surface area (Å²) in [4.78, 5) is 0. The second-order valence-electron chi connectivity index (χ2n) is 6.82. The van der Waals surface area contributed by atoms with Crippen LogP contribution >= 0.6 is 0 Å². The Morgan fingerprint density at radius 2 is 2.12 bits per heavy atom. The van der Waals surface area contributed by atoms with Crippen LogP contribution in [0.3, 0.4) is 0 Å². The van der Waals surface area contributed by atoms with Gasteiger partial charge in [0, 0.05) is 0 Å². The summed E-state index contributed by atoms with van der Waals surface area (Å²) < 4.78 is 0. The second kappa shape index (κ2) is 4.42. The first-order valence-electron chi connectivity index (χ1n) is 7.24. The van der Waals surface area contributed by atoms with E-state index in [1.54, 1.807) is 0 Å². The van der Waals surface area contributed by atoms with Gasteiger partial charge in [0.05, 0.1) is 6.61 Å². The van der Waals surface area contributed by atoms with Crippen molar-refractivity contribution in [1.82, 2.24) is 0 Å². The quantitative estimate of drug-likeness (QED) is 0.710. The van der Waals surface area contributed by atoms with Gasteiger partial charge in [-0.3, -0.25) is 0 Å². The summed E-state index contributed by atoms with van der Waals surface area (Å²) in [5.74, 6) is 1.94. The third kappa shape index (κ3) is 1.97. The van der Waals surface area contributed by atoms with Crippen molar-refractivity contribution in [2.45, 2.75) is 59.8 Å². The van der Waals surface area contributed by atoms with Crippen LogP contribution in [-0.2, 0) is 0 Å². The molecular formula is C16H28O. The minimum Gasteiger partial charge on any atom is -0.392 e. The first-order valence-corrected chi connectivity index (χ1v) is 7.24. The van der Waals surface area contributed by atoms with E-state index in [-0.39, 0.29) is 6.61 Å². The number of aliphatic hydroxyl groups excluding tert-OH is 1. The Hall–Kier alpha value is -0.300. The number of fused-ring (bicyclic) bond motifs is 1. The van der Waals surface area contributed by atoms with E-state index in [9.17, 15) is 0 Å². The number of aliphatic hydroxyl groups is 1. The smallest absolute Gasteiger partial charge is 0.0639 e. The van der Waals surface area contributed by atoms with Gasteiger partial charge in [-0.25, -0.2) is 0 Å². The minimum atomic E-state index is 0.216. The molecule has 2 saturated carbocycles. The fraction of sp³-hybridized carbons (Fsp3) is 0.875. The Kier molecular flexibility index (Phi) is 3.42. The zero-order valence-corrected chi connectivity index (χ0v) is 11.9. The lowest BCUT2D eigenvalue weighted by molar-refractivity contribution is 0.107. The fourth-order valence-corrected chi connectivity index (χ4v) is 4.36. The molecule has 1 N–H and O–H groups in total. The molecule has 98 valence electrons. The molecule has 0 aromatic rings. The maximum atomic E-state index is 9.03. The van der Waals surface area contributed by atoms with E-state index in [1.165, 1.54) is 25.7 Å². The molecule has 0 heterocycles. The highest BCUT2D eigenvalue weighted by atomic mass is 16.3. The normalized spacial score (nSPS) is 44.9. The zero-order chi connectivity index (χ0) is 12.7. The number of hydrogen-bond donors (Lipinski definition) is 1. The molecule has 0 spiro atoms. The van der Waals surface area contributed by atoms with Crippen molar-refractivity contribution in [1.29, 1.82) is 0 Å². The standard InChI is InChI=1S/C16H28O/c1-5-13-9-14-10-16(14,4)15(13,3)8-6-7-12(2)11-17/h7,13-14,17H,5-6,8-11H2,1-4H3/b12-7-/t13-,14+,15+,16-/m1/s1. The van der Waals surface area contributed by atoms with Crippen LogP contribution in [0.25, 0.3) is 0 Å². The number of allylic oxidation sites excluding steroid dienone is 1. The molecule has 0 aliphatic heterocycles. The highest BCUT2D eigenvalue weighted by molar-refractivity contribution is 5.17. The average Bonchev–Trinajstić information content (AvgIpc) is 2.92. The molecule has 2 rings (SSSR count). The van der Waals surface area contributed by atoms with Gasteiger partial charge in [-0.05, 0) is 55.3 Å². The van der Waals surface area contributed by atoms with Crippen LogP contribution in [-0.4, -0.2) is 11.7 Å². The predicted octanol–water partition coefficient (Wildman–Crippen LogP) is 4.17. The number of hydrogen-bond acceptors (Lipinski definition) is 1. The van der Waals surface area contributed by atoms with E-state index in [2.05, 4.69) is 26.8 Å². The molecule has 2 aliphatic carbocycles. The molecule has 0 aromatic carbocycles. The average molecular weight is 236 g/mol. The van der Waals surface area contributed by atoms with Crippen molar-refractivity contribution in [2.24, 2.45) is 22.7 Å². The van der Waals surface area contributed by atoms with Gasteiger partial charge in [0.25, 0.3) is 0 Å². The SMILES string of the molecule is CC[C@@H]1C[C@H]2C[C@@]2(C)[C@@]1(C)CC/C=C(/C)CO. The molecule has 1 heteroatoms. The van der Waals surface area contributed by atoms with E-state index in [1.807, 2.05) is 6.92 Å². The second-order valence-corrected chi connectivity index (χ2v) is 6.82. The third-order valence-corrected chi connectivity index (χ3v) is 6.08.